The highest BCUT2D eigenvalue weighted by Gasteiger charge is 2.37. The Labute approximate surface area is 223 Å². The molecule has 3 aromatic carbocycles. The lowest BCUT2D eigenvalue weighted by Gasteiger charge is -2.16. The fourth-order valence-electron chi connectivity index (χ4n) is 3.70. The van der Waals surface area contributed by atoms with Crippen LogP contribution in [0.1, 0.15) is 30.5 Å². The third-order valence-electron chi connectivity index (χ3n) is 5.61. The average Bonchev–Trinajstić information content (AvgIpc) is 3.15. The average molecular weight is 595 g/mol. The largest absolute Gasteiger partial charge is 0.490 e. The quantitative estimate of drug-likeness (QED) is 0.125. The highest BCUT2D eigenvalue weighted by molar-refractivity contribution is 9.10. The number of hydrogen-bond donors (Lipinski definition) is 0. The van der Waals surface area contributed by atoms with E-state index < -0.39 is 40.7 Å². The van der Waals surface area contributed by atoms with Gasteiger partial charge in [-0.25, -0.2) is 22.0 Å². The first-order chi connectivity index (χ1) is 18.0. The van der Waals surface area contributed by atoms with Gasteiger partial charge in [-0.3, -0.25) is 4.79 Å². The summed E-state index contributed by atoms with van der Waals surface area (Å²) >= 11 is 3.45. The van der Waals surface area contributed by atoms with E-state index in [-0.39, 0.29) is 22.9 Å². The molecule has 5 nitrogen and oxygen atoms in total. The summed E-state index contributed by atoms with van der Waals surface area (Å²) in [7, 11) is 0. The maximum Gasteiger partial charge on any atom is 0.280 e. The molecule has 0 spiro atoms. The normalized spacial score (nSPS) is 14.3. The molecule has 0 atom stereocenters. The Bertz CT molecular complexity index is 1460. The summed E-state index contributed by atoms with van der Waals surface area (Å²) in [4.78, 5) is 13.0. The number of carbonyl (C=O) groups excluding carboxylic acids is 1. The van der Waals surface area contributed by atoms with Gasteiger partial charge < -0.3 is 9.47 Å². The Morgan fingerprint density at radius 1 is 0.921 bits per heavy atom. The number of hydrogen-bond acceptors (Lipinski definition) is 4. The van der Waals surface area contributed by atoms with Gasteiger partial charge >= 0.3 is 0 Å². The summed E-state index contributed by atoms with van der Waals surface area (Å²) in [6, 6.07) is 11.0. The molecule has 0 radical (unpaired) electrons. The Hall–Kier alpha value is -3.73. The van der Waals surface area contributed by atoms with E-state index in [9.17, 15) is 26.7 Å². The maximum atomic E-state index is 14.3. The first-order valence-electron chi connectivity index (χ1n) is 11.3. The number of benzene rings is 3. The van der Waals surface area contributed by atoms with E-state index >= 15 is 0 Å². The van der Waals surface area contributed by atoms with E-state index in [4.69, 9.17) is 9.47 Å². The molecule has 0 fully saturated rings. The van der Waals surface area contributed by atoms with Gasteiger partial charge in [0.2, 0.25) is 5.82 Å². The second-order valence-corrected chi connectivity index (χ2v) is 9.17. The summed E-state index contributed by atoms with van der Waals surface area (Å²) < 4.78 is 81.7. The topological polar surface area (TPSA) is 51.1 Å². The van der Waals surface area contributed by atoms with Crippen molar-refractivity contribution in [3.63, 3.8) is 0 Å². The van der Waals surface area contributed by atoms with Crippen molar-refractivity contribution in [2.24, 2.45) is 5.10 Å². The number of rotatable bonds is 7. The third kappa shape index (κ3) is 5.15. The molecule has 0 aromatic heterocycles. The molecule has 0 N–H and O–H groups in total. The van der Waals surface area contributed by atoms with Crippen molar-refractivity contribution in [1.29, 1.82) is 0 Å². The van der Waals surface area contributed by atoms with E-state index in [1.807, 2.05) is 31.2 Å². The van der Waals surface area contributed by atoms with Crippen molar-refractivity contribution in [2.45, 2.75) is 27.4 Å². The van der Waals surface area contributed by atoms with E-state index in [1.165, 1.54) is 13.0 Å². The molecular weight excluding hydrogens is 575 g/mol. The molecule has 0 saturated heterocycles. The number of aryl methyl sites for hydroxylation is 1. The molecule has 0 saturated carbocycles. The van der Waals surface area contributed by atoms with E-state index in [0.717, 1.165) is 11.1 Å². The minimum absolute atomic E-state index is 0.00715. The van der Waals surface area contributed by atoms with Crippen molar-refractivity contribution in [1.82, 2.24) is 0 Å². The molecule has 0 bridgehead atoms. The number of amides is 1. The van der Waals surface area contributed by atoms with Crippen molar-refractivity contribution in [2.75, 3.05) is 11.6 Å². The second kappa shape index (κ2) is 10.9. The zero-order valence-corrected chi connectivity index (χ0v) is 21.9. The second-order valence-electron chi connectivity index (χ2n) is 8.32. The van der Waals surface area contributed by atoms with Crippen LogP contribution in [0.2, 0.25) is 0 Å². The van der Waals surface area contributed by atoms with Crippen LogP contribution >= 0.6 is 15.9 Å². The molecule has 1 amide bonds. The van der Waals surface area contributed by atoms with Crippen LogP contribution in [-0.4, -0.2) is 18.2 Å². The molecule has 198 valence electrons. The van der Waals surface area contributed by atoms with Gasteiger partial charge in [-0.2, -0.15) is 10.1 Å². The van der Waals surface area contributed by atoms with Gasteiger partial charge in [-0.05, 0) is 66.0 Å². The number of nitrogens with zero attached hydrogens (tertiary/aromatic N) is 2. The number of halogens is 6. The smallest absolute Gasteiger partial charge is 0.280 e. The summed E-state index contributed by atoms with van der Waals surface area (Å²) in [6.45, 7) is 5.70. The first-order valence-corrected chi connectivity index (χ1v) is 12.1. The summed E-state index contributed by atoms with van der Waals surface area (Å²) in [5.41, 5.74) is 0.920. The third-order valence-corrected chi connectivity index (χ3v) is 6.20. The number of anilines is 1. The van der Waals surface area contributed by atoms with Gasteiger partial charge in [-0.15, -0.1) is 0 Å². The minimum atomic E-state index is -2.33. The number of ether oxygens (including phenoxy) is 2. The highest BCUT2D eigenvalue weighted by Crippen LogP contribution is 2.39. The fraction of sp³-hybridized carbons (Fsp3) is 0.185. The van der Waals surface area contributed by atoms with Crippen LogP contribution in [-0.2, 0) is 11.4 Å². The monoisotopic (exact) mass is 594 g/mol. The van der Waals surface area contributed by atoms with E-state index in [2.05, 4.69) is 21.0 Å². The summed E-state index contributed by atoms with van der Waals surface area (Å²) in [6.07, 6.45) is 1.37. The van der Waals surface area contributed by atoms with Gasteiger partial charge in [-0.1, -0.05) is 29.8 Å². The molecule has 38 heavy (non-hydrogen) atoms. The Morgan fingerprint density at radius 2 is 1.53 bits per heavy atom. The Morgan fingerprint density at radius 3 is 2.13 bits per heavy atom. The maximum absolute atomic E-state index is 14.3. The van der Waals surface area contributed by atoms with Crippen molar-refractivity contribution < 1.29 is 36.2 Å². The number of hydrazone groups is 1. The number of carbonyl (C=O) groups is 1. The van der Waals surface area contributed by atoms with Crippen LogP contribution in [0.25, 0.3) is 6.08 Å². The van der Waals surface area contributed by atoms with Crippen LogP contribution in [0, 0.1) is 36.0 Å². The molecule has 1 aliphatic rings. The predicted molar refractivity (Wildman–Crippen MR) is 136 cm³/mol. The Balaban J connectivity index is 1.67. The van der Waals surface area contributed by atoms with Crippen LogP contribution < -0.4 is 14.5 Å². The van der Waals surface area contributed by atoms with Gasteiger partial charge in [0.15, 0.2) is 34.8 Å². The van der Waals surface area contributed by atoms with E-state index in [0.29, 0.717) is 28.1 Å². The summed E-state index contributed by atoms with van der Waals surface area (Å²) in [5, 5.41) is 3.91. The minimum Gasteiger partial charge on any atom is -0.490 e. The molecule has 0 aliphatic carbocycles. The summed E-state index contributed by atoms with van der Waals surface area (Å²) in [5.74, 6) is -11.3. The van der Waals surface area contributed by atoms with Crippen LogP contribution in [0.3, 0.4) is 0 Å². The van der Waals surface area contributed by atoms with Gasteiger partial charge in [0.1, 0.15) is 12.3 Å². The highest BCUT2D eigenvalue weighted by atomic mass is 79.9. The van der Waals surface area contributed by atoms with Gasteiger partial charge in [0, 0.05) is 0 Å². The van der Waals surface area contributed by atoms with Crippen molar-refractivity contribution in [3.8, 4) is 11.5 Å². The van der Waals surface area contributed by atoms with E-state index in [1.54, 1.807) is 19.1 Å². The zero-order chi connectivity index (χ0) is 27.7. The van der Waals surface area contributed by atoms with Crippen LogP contribution in [0.15, 0.2) is 51.5 Å². The SMILES string of the molecule is CCOc1cc(/C=C2/C(=O)N(c3c(F)c(F)c(F)c(F)c3F)N=C2C)cc(Br)c1OCc1ccc(C)cc1. The van der Waals surface area contributed by atoms with Crippen LogP contribution in [0.4, 0.5) is 27.6 Å². The van der Waals surface area contributed by atoms with Crippen molar-refractivity contribution >= 4 is 39.3 Å². The van der Waals surface area contributed by atoms with Crippen LogP contribution in [0.5, 0.6) is 11.5 Å². The first kappa shape index (κ1) is 27.3. The molecule has 3 aromatic rings. The molecule has 1 heterocycles. The lowest BCUT2D eigenvalue weighted by atomic mass is 10.1. The standard InChI is InChI=1S/C27H20BrF5N2O3/c1-4-37-19-11-16(10-18(28)26(19)38-12-15-7-5-13(2)6-8-15)9-17-14(3)34-35(27(17)36)25-23(32)21(30)20(29)22(31)24(25)33/h5-11H,4,12H2,1-3H3/b17-9+. The zero-order valence-electron chi connectivity index (χ0n) is 20.3. The van der Waals surface area contributed by atoms with Crippen molar-refractivity contribution in [3.05, 3.63) is 92.2 Å². The molecule has 11 heteroatoms. The molecule has 4 rings (SSSR count). The Kier molecular flexibility index (Phi) is 7.86. The molecular formula is C27H20BrF5N2O3. The fourth-order valence-corrected chi connectivity index (χ4v) is 4.27. The lowest BCUT2D eigenvalue weighted by Crippen LogP contribution is -2.25. The molecule has 0 unspecified atom stereocenters. The van der Waals surface area contributed by atoms with Gasteiger partial charge in [0.25, 0.3) is 5.91 Å². The van der Waals surface area contributed by atoms with Gasteiger partial charge in [0.05, 0.1) is 22.4 Å². The lowest BCUT2D eigenvalue weighted by molar-refractivity contribution is -0.114. The molecule has 1 aliphatic heterocycles. The predicted octanol–water partition coefficient (Wildman–Crippen LogP) is 7.24.